The van der Waals surface area contributed by atoms with Crippen LogP contribution in [0.25, 0.3) is 11.4 Å². The van der Waals surface area contributed by atoms with Crippen molar-refractivity contribution in [2.24, 2.45) is 0 Å². The molecule has 0 fully saturated rings. The molecule has 0 aliphatic carbocycles. The van der Waals surface area contributed by atoms with E-state index in [0.29, 0.717) is 18.6 Å². The Morgan fingerprint density at radius 1 is 1.21 bits per heavy atom. The van der Waals surface area contributed by atoms with Gasteiger partial charge in [0.2, 0.25) is 0 Å². The molecular weight excluding hydrogens is 346 g/mol. The standard InChI is InChI=1S/C22H31N3O.C2H6/c1-7-17(8-2)18-9-10-22-21(13-18)25-19(11-12-26-22)14-20(23-25)16(5)24(6)15(3)4;1-2/h9-10,13-15,17H,5,7-8,11-12H2,1-4,6H3;1-2H3. The molecule has 1 aromatic heterocycles. The fourth-order valence-electron chi connectivity index (χ4n) is 3.54. The van der Waals surface area contributed by atoms with Crippen LogP contribution in [0.2, 0.25) is 0 Å². The van der Waals surface area contributed by atoms with Crippen LogP contribution < -0.4 is 4.74 Å². The molecule has 1 aliphatic heterocycles. The van der Waals surface area contributed by atoms with Gasteiger partial charge in [0.1, 0.15) is 17.1 Å². The Labute approximate surface area is 171 Å². The lowest BCUT2D eigenvalue weighted by Gasteiger charge is -2.24. The zero-order valence-electron chi connectivity index (χ0n) is 18.7. The molecule has 1 aliphatic rings. The van der Waals surface area contributed by atoms with Crippen LogP contribution in [0.15, 0.2) is 30.8 Å². The van der Waals surface area contributed by atoms with Crippen molar-refractivity contribution in [3.8, 4) is 11.4 Å². The fourth-order valence-corrected chi connectivity index (χ4v) is 3.54. The van der Waals surface area contributed by atoms with Crippen molar-refractivity contribution in [2.75, 3.05) is 13.7 Å². The number of hydrogen-bond donors (Lipinski definition) is 0. The van der Waals surface area contributed by atoms with E-state index in [2.05, 4.69) is 75.2 Å². The topological polar surface area (TPSA) is 30.3 Å². The molecule has 1 aromatic carbocycles. The van der Waals surface area contributed by atoms with Gasteiger partial charge in [0.25, 0.3) is 0 Å². The summed E-state index contributed by atoms with van der Waals surface area (Å²) in [5, 5.41) is 4.90. The number of rotatable bonds is 6. The summed E-state index contributed by atoms with van der Waals surface area (Å²) in [4.78, 5) is 2.17. The van der Waals surface area contributed by atoms with Crippen molar-refractivity contribution in [1.29, 1.82) is 0 Å². The maximum Gasteiger partial charge on any atom is 0.144 e. The van der Waals surface area contributed by atoms with Crippen LogP contribution in [0.3, 0.4) is 0 Å². The Bertz CT molecular complexity index is 787. The summed E-state index contributed by atoms with van der Waals surface area (Å²) < 4.78 is 8.04. The smallest absolute Gasteiger partial charge is 0.144 e. The third-order valence-electron chi connectivity index (χ3n) is 5.56. The second-order valence-electron chi connectivity index (χ2n) is 7.42. The third kappa shape index (κ3) is 4.43. The van der Waals surface area contributed by atoms with Crippen LogP contribution in [0.1, 0.15) is 77.3 Å². The lowest BCUT2D eigenvalue weighted by molar-refractivity contribution is 0.326. The second-order valence-corrected chi connectivity index (χ2v) is 7.42. The van der Waals surface area contributed by atoms with Gasteiger partial charge in [-0.2, -0.15) is 5.10 Å². The first-order valence-electron chi connectivity index (χ1n) is 10.7. The molecule has 0 unspecified atom stereocenters. The van der Waals surface area contributed by atoms with Crippen molar-refractivity contribution in [3.05, 3.63) is 47.8 Å². The van der Waals surface area contributed by atoms with Gasteiger partial charge in [-0.1, -0.05) is 40.3 Å². The zero-order chi connectivity index (χ0) is 20.8. The second kappa shape index (κ2) is 9.81. The molecule has 2 heterocycles. The highest BCUT2D eigenvalue weighted by Crippen LogP contribution is 2.33. The predicted molar refractivity (Wildman–Crippen MR) is 119 cm³/mol. The minimum Gasteiger partial charge on any atom is -0.491 e. The first kappa shape index (κ1) is 22.1. The monoisotopic (exact) mass is 383 g/mol. The van der Waals surface area contributed by atoms with Gasteiger partial charge in [-0.25, -0.2) is 4.68 Å². The average molecular weight is 384 g/mol. The lowest BCUT2D eigenvalue weighted by atomic mass is 9.93. The van der Waals surface area contributed by atoms with Crippen LogP contribution in [0.4, 0.5) is 0 Å². The van der Waals surface area contributed by atoms with Crippen LogP contribution in [0.5, 0.6) is 5.75 Å². The van der Waals surface area contributed by atoms with Crippen molar-refractivity contribution >= 4 is 5.70 Å². The molecule has 0 amide bonds. The number of nitrogens with zero attached hydrogens (tertiary/aromatic N) is 3. The third-order valence-corrected chi connectivity index (χ3v) is 5.56. The largest absolute Gasteiger partial charge is 0.491 e. The van der Waals surface area contributed by atoms with E-state index in [1.165, 1.54) is 11.3 Å². The molecule has 28 heavy (non-hydrogen) atoms. The minimum atomic E-state index is 0.390. The number of fused-ring (bicyclic) bond motifs is 3. The Kier molecular flexibility index (Phi) is 7.73. The molecule has 0 saturated heterocycles. The molecule has 0 atom stereocenters. The van der Waals surface area contributed by atoms with Gasteiger partial charge in [0, 0.05) is 25.2 Å². The summed E-state index contributed by atoms with van der Waals surface area (Å²) in [5.41, 5.74) is 5.49. The van der Waals surface area contributed by atoms with Gasteiger partial charge >= 0.3 is 0 Å². The predicted octanol–water partition coefficient (Wildman–Crippen LogP) is 6.05. The van der Waals surface area contributed by atoms with Crippen molar-refractivity contribution in [3.63, 3.8) is 0 Å². The van der Waals surface area contributed by atoms with E-state index < -0.39 is 0 Å². The zero-order valence-corrected chi connectivity index (χ0v) is 18.7. The summed E-state index contributed by atoms with van der Waals surface area (Å²) in [6.07, 6.45) is 3.13. The fraction of sp³-hybridized carbons (Fsp3) is 0.542. The van der Waals surface area contributed by atoms with Gasteiger partial charge in [0.15, 0.2) is 0 Å². The van der Waals surface area contributed by atoms with Crippen LogP contribution in [-0.4, -0.2) is 34.4 Å². The Balaban J connectivity index is 0.00000136. The van der Waals surface area contributed by atoms with E-state index in [-0.39, 0.29) is 0 Å². The number of hydrogen-bond acceptors (Lipinski definition) is 3. The van der Waals surface area contributed by atoms with E-state index in [0.717, 1.165) is 42.1 Å². The Morgan fingerprint density at radius 2 is 1.89 bits per heavy atom. The Hall–Kier alpha value is -2.23. The van der Waals surface area contributed by atoms with Gasteiger partial charge in [-0.05, 0) is 56.4 Å². The maximum absolute atomic E-state index is 5.98. The van der Waals surface area contributed by atoms with Gasteiger partial charge in [-0.3, -0.25) is 0 Å². The number of aromatic nitrogens is 2. The highest BCUT2D eigenvalue weighted by Gasteiger charge is 2.21. The highest BCUT2D eigenvalue weighted by molar-refractivity contribution is 5.60. The molecule has 0 spiro atoms. The van der Waals surface area contributed by atoms with Gasteiger partial charge in [0.05, 0.1) is 12.3 Å². The van der Waals surface area contributed by atoms with Crippen LogP contribution in [-0.2, 0) is 6.42 Å². The summed E-state index contributed by atoms with van der Waals surface area (Å²) in [6.45, 7) is 17.8. The quantitative estimate of drug-likeness (QED) is 0.608. The Morgan fingerprint density at radius 3 is 2.50 bits per heavy atom. The van der Waals surface area contributed by atoms with Crippen molar-refractivity contribution in [1.82, 2.24) is 14.7 Å². The molecule has 0 saturated carbocycles. The highest BCUT2D eigenvalue weighted by atomic mass is 16.5. The van der Waals surface area contributed by atoms with Crippen LogP contribution in [0, 0.1) is 0 Å². The first-order chi connectivity index (χ1) is 13.5. The molecule has 4 heteroatoms. The number of benzene rings is 1. The first-order valence-corrected chi connectivity index (χ1v) is 10.7. The molecule has 2 aromatic rings. The summed E-state index contributed by atoms with van der Waals surface area (Å²) in [7, 11) is 2.07. The molecule has 4 nitrogen and oxygen atoms in total. The van der Waals surface area contributed by atoms with Gasteiger partial charge in [-0.15, -0.1) is 0 Å². The average Bonchev–Trinajstić information content (AvgIpc) is 3.06. The summed E-state index contributed by atoms with van der Waals surface area (Å²) in [6, 6.07) is 9.11. The van der Waals surface area contributed by atoms with E-state index in [4.69, 9.17) is 9.84 Å². The SMILES string of the molecule is C=C(c1cc2n(n1)-c1cc(C(CC)CC)ccc1OCC2)N(C)C(C)C.CC. The minimum absolute atomic E-state index is 0.390. The molecule has 0 N–H and O–H groups in total. The summed E-state index contributed by atoms with van der Waals surface area (Å²) >= 11 is 0. The van der Waals surface area contributed by atoms with Crippen molar-refractivity contribution < 1.29 is 4.74 Å². The summed E-state index contributed by atoms with van der Waals surface area (Å²) in [5.74, 6) is 1.49. The van der Waals surface area contributed by atoms with E-state index in [9.17, 15) is 0 Å². The number of ether oxygens (including phenoxy) is 1. The molecule has 0 radical (unpaired) electrons. The van der Waals surface area contributed by atoms with Crippen LogP contribution >= 0.6 is 0 Å². The lowest BCUT2D eigenvalue weighted by Crippen LogP contribution is -2.24. The van der Waals surface area contributed by atoms with Gasteiger partial charge < -0.3 is 9.64 Å². The normalized spacial score (nSPS) is 12.5. The van der Waals surface area contributed by atoms with E-state index >= 15 is 0 Å². The van der Waals surface area contributed by atoms with E-state index in [1.807, 2.05) is 13.8 Å². The molecule has 154 valence electrons. The maximum atomic E-state index is 5.98. The molecule has 3 rings (SSSR count). The van der Waals surface area contributed by atoms with Crippen molar-refractivity contribution in [2.45, 2.75) is 72.8 Å². The molecule has 0 bridgehead atoms. The molecular formula is C24H37N3O. The van der Waals surface area contributed by atoms with E-state index in [1.54, 1.807) is 0 Å².